The van der Waals surface area contributed by atoms with E-state index in [1.54, 1.807) is 6.92 Å². The summed E-state index contributed by atoms with van der Waals surface area (Å²) in [5.74, 6) is 0.834. The summed E-state index contributed by atoms with van der Waals surface area (Å²) in [5, 5.41) is 9.04. The monoisotopic (exact) mass is 236 g/mol. The first kappa shape index (κ1) is 13.0. The van der Waals surface area contributed by atoms with Gasteiger partial charge in [-0.15, -0.1) is 0 Å². The number of carbonyl (C=O) groups excluding carboxylic acids is 1. The van der Waals surface area contributed by atoms with Crippen molar-refractivity contribution < 1.29 is 9.90 Å². The van der Waals surface area contributed by atoms with E-state index in [0.717, 1.165) is 23.3 Å². The zero-order valence-electron chi connectivity index (χ0n) is 9.35. The molecule has 0 aliphatic carbocycles. The highest BCUT2D eigenvalue weighted by Gasteiger charge is 1.92. The molecule has 0 amide bonds. The second-order valence-corrected chi connectivity index (χ2v) is 4.70. The van der Waals surface area contributed by atoms with Crippen molar-refractivity contribution in [3.8, 4) is 0 Å². The van der Waals surface area contributed by atoms with E-state index in [4.69, 9.17) is 5.11 Å². The van der Waals surface area contributed by atoms with Gasteiger partial charge in [0.05, 0.1) is 6.61 Å². The third-order valence-electron chi connectivity index (χ3n) is 2.06. The van der Waals surface area contributed by atoms with Crippen molar-refractivity contribution in [3.05, 3.63) is 41.5 Å². The van der Waals surface area contributed by atoms with E-state index in [2.05, 4.69) is 6.08 Å². The summed E-state index contributed by atoms with van der Waals surface area (Å²) in [4.78, 5) is 10.7. The molecule has 1 aromatic carbocycles. The Kier molecular flexibility index (Phi) is 5.90. The lowest BCUT2D eigenvalue weighted by molar-refractivity contribution is -0.109. The number of aliphatic hydroxyl groups excluding tert-OH is 1. The molecule has 0 saturated heterocycles. The molecule has 0 saturated carbocycles. The SMILES string of the molecule is CC(=O)SCCC=Cc1ccc(CO)cc1. The molecule has 0 unspecified atom stereocenters. The number of hydrogen-bond acceptors (Lipinski definition) is 3. The van der Waals surface area contributed by atoms with Gasteiger partial charge in [-0.05, 0) is 17.5 Å². The van der Waals surface area contributed by atoms with Gasteiger partial charge >= 0.3 is 0 Å². The minimum Gasteiger partial charge on any atom is -0.392 e. The van der Waals surface area contributed by atoms with Crippen LogP contribution >= 0.6 is 11.8 Å². The van der Waals surface area contributed by atoms with Crippen LogP contribution < -0.4 is 0 Å². The molecule has 0 aromatic heterocycles. The lowest BCUT2D eigenvalue weighted by Crippen LogP contribution is -1.84. The van der Waals surface area contributed by atoms with Gasteiger partial charge in [0.2, 0.25) is 0 Å². The average molecular weight is 236 g/mol. The van der Waals surface area contributed by atoms with Crippen LogP contribution in [0.4, 0.5) is 0 Å². The predicted octanol–water partition coefficient (Wildman–Crippen LogP) is 2.86. The first-order valence-electron chi connectivity index (χ1n) is 5.22. The normalized spacial score (nSPS) is 10.9. The van der Waals surface area contributed by atoms with E-state index >= 15 is 0 Å². The molecule has 1 aromatic rings. The minimum atomic E-state index is 0.0826. The molecule has 3 heteroatoms. The van der Waals surface area contributed by atoms with Crippen LogP contribution in [-0.2, 0) is 11.4 Å². The molecule has 2 nitrogen and oxygen atoms in total. The Bertz CT molecular complexity index is 355. The Morgan fingerprint density at radius 3 is 2.62 bits per heavy atom. The number of benzene rings is 1. The van der Waals surface area contributed by atoms with Gasteiger partial charge < -0.3 is 5.11 Å². The van der Waals surface area contributed by atoms with Gasteiger partial charge in [-0.3, -0.25) is 4.79 Å². The molecule has 0 bridgehead atoms. The Balaban J connectivity index is 2.35. The van der Waals surface area contributed by atoms with Gasteiger partial charge in [-0.1, -0.05) is 48.2 Å². The number of thioether (sulfide) groups is 1. The van der Waals surface area contributed by atoms with E-state index in [1.807, 2.05) is 30.3 Å². The van der Waals surface area contributed by atoms with E-state index in [9.17, 15) is 4.79 Å². The molecule has 0 atom stereocenters. The van der Waals surface area contributed by atoms with Gasteiger partial charge in [0.1, 0.15) is 0 Å². The van der Waals surface area contributed by atoms with Crippen LogP contribution in [0.3, 0.4) is 0 Å². The van der Waals surface area contributed by atoms with Gasteiger partial charge in [0.15, 0.2) is 5.12 Å². The Labute approximate surface area is 100 Å². The third-order valence-corrected chi connectivity index (χ3v) is 2.91. The largest absolute Gasteiger partial charge is 0.392 e. The maximum atomic E-state index is 10.7. The molecular weight excluding hydrogens is 220 g/mol. The fraction of sp³-hybridized carbons (Fsp3) is 0.308. The van der Waals surface area contributed by atoms with Crippen molar-refractivity contribution >= 4 is 23.0 Å². The number of allylic oxidation sites excluding steroid dienone is 1. The number of hydrogen-bond donors (Lipinski definition) is 1. The average Bonchev–Trinajstić information content (AvgIpc) is 2.29. The van der Waals surface area contributed by atoms with E-state index < -0.39 is 0 Å². The third kappa shape index (κ3) is 5.14. The highest BCUT2D eigenvalue weighted by Crippen LogP contribution is 2.08. The summed E-state index contributed by atoms with van der Waals surface area (Å²) in [6, 6.07) is 7.76. The Hall–Kier alpha value is -1.06. The van der Waals surface area contributed by atoms with Crippen LogP contribution in [0.15, 0.2) is 30.3 Å². The van der Waals surface area contributed by atoms with Crippen molar-refractivity contribution in [2.75, 3.05) is 5.75 Å². The lowest BCUT2D eigenvalue weighted by Gasteiger charge is -1.97. The van der Waals surface area contributed by atoms with Crippen LogP contribution in [0, 0.1) is 0 Å². The fourth-order valence-electron chi connectivity index (χ4n) is 1.22. The van der Waals surface area contributed by atoms with Crippen molar-refractivity contribution in [1.29, 1.82) is 0 Å². The topological polar surface area (TPSA) is 37.3 Å². The summed E-state index contributed by atoms with van der Waals surface area (Å²) in [7, 11) is 0. The molecule has 0 spiro atoms. The predicted molar refractivity (Wildman–Crippen MR) is 69.2 cm³/mol. The highest BCUT2D eigenvalue weighted by atomic mass is 32.2. The molecule has 1 N–H and O–H groups in total. The van der Waals surface area contributed by atoms with Crippen molar-refractivity contribution in [1.82, 2.24) is 0 Å². The minimum absolute atomic E-state index is 0.0826. The van der Waals surface area contributed by atoms with Crippen molar-refractivity contribution in [2.24, 2.45) is 0 Å². The molecule has 86 valence electrons. The summed E-state index contributed by atoms with van der Waals surface area (Å²) in [6.07, 6.45) is 4.98. The Morgan fingerprint density at radius 1 is 1.38 bits per heavy atom. The molecule has 0 fully saturated rings. The summed E-state index contributed by atoms with van der Waals surface area (Å²) < 4.78 is 0. The Morgan fingerprint density at radius 2 is 2.06 bits per heavy atom. The van der Waals surface area contributed by atoms with Crippen molar-refractivity contribution in [2.45, 2.75) is 20.0 Å². The van der Waals surface area contributed by atoms with E-state index in [0.29, 0.717) is 0 Å². The summed E-state index contributed by atoms with van der Waals surface area (Å²) in [6.45, 7) is 1.67. The summed E-state index contributed by atoms with van der Waals surface area (Å²) >= 11 is 1.35. The maximum Gasteiger partial charge on any atom is 0.185 e. The van der Waals surface area contributed by atoms with Crippen LogP contribution in [0.25, 0.3) is 6.08 Å². The first-order valence-corrected chi connectivity index (χ1v) is 6.20. The van der Waals surface area contributed by atoms with E-state index in [1.165, 1.54) is 11.8 Å². The van der Waals surface area contributed by atoms with Crippen LogP contribution in [-0.4, -0.2) is 16.0 Å². The molecule has 0 radical (unpaired) electrons. The second kappa shape index (κ2) is 7.25. The first-order chi connectivity index (χ1) is 7.72. The second-order valence-electron chi connectivity index (χ2n) is 3.43. The van der Waals surface area contributed by atoms with Gasteiger partial charge in [-0.2, -0.15) is 0 Å². The highest BCUT2D eigenvalue weighted by molar-refractivity contribution is 8.13. The van der Waals surface area contributed by atoms with Crippen molar-refractivity contribution in [3.63, 3.8) is 0 Å². The van der Waals surface area contributed by atoms with Gasteiger partial charge in [0.25, 0.3) is 0 Å². The zero-order chi connectivity index (χ0) is 11.8. The smallest absolute Gasteiger partial charge is 0.185 e. The van der Waals surface area contributed by atoms with Crippen LogP contribution in [0.1, 0.15) is 24.5 Å². The molecule has 16 heavy (non-hydrogen) atoms. The number of carbonyl (C=O) groups is 1. The molecule has 0 aliphatic heterocycles. The number of rotatable bonds is 5. The standard InChI is InChI=1S/C13H16O2S/c1-11(15)16-9-3-2-4-12-5-7-13(10-14)8-6-12/h2,4-8,14H,3,9-10H2,1H3. The molecular formula is C13H16O2S. The number of aliphatic hydroxyl groups is 1. The molecule has 0 heterocycles. The lowest BCUT2D eigenvalue weighted by atomic mass is 10.1. The van der Waals surface area contributed by atoms with Gasteiger partial charge in [-0.25, -0.2) is 0 Å². The fourth-order valence-corrected chi connectivity index (χ4v) is 1.77. The molecule has 1 rings (SSSR count). The van der Waals surface area contributed by atoms with Crippen LogP contribution in [0.5, 0.6) is 0 Å². The van der Waals surface area contributed by atoms with Gasteiger partial charge in [0, 0.05) is 12.7 Å². The van der Waals surface area contributed by atoms with E-state index in [-0.39, 0.29) is 11.7 Å². The summed E-state index contributed by atoms with van der Waals surface area (Å²) in [5.41, 5.74) is 2.04. The van der Waals surface area contributed by atoms with Crippen LogP contribution in [0.2, 0.25) is 0 Å². The molecule has 0 aliphatic rings. The maximum absolute atomic E-state index is 10.7. The zero-order valence-corrected chi connectivity index (χ0v) is 10.2. The quantitative estimate of drug-likeness (QED) is 0.799.